The average molecular weight is 2080 g/mol. The van der Waals surface area contributed by atoms with Crippen molar-refractivity contribution in [3.05, 3.63) is 140 Å². The molecule has 0 radical (unpaired) electrons. The Morgan fingerprint density at radius 2 is 1.09 bits per heavy atom. The molecular weight excluding hydrogens is 1950 g/mol. The molecule has 18 amide bonds. The van der Waals surface area contributed by atoms with E-state index in [-0.39, 0.29) is 159 Å². The van der Waals surface area contributed by atoms with E-state index in [1.165, 1.54) is 97.8 Å². The molecule has 8 heterocycles. The molecule has 5 aliphatic rings. The summed E-state index contributed by atoms with van der Waals surface area (Å²) < 4.78 is 6.71. The number of hydrogen-bond acceptors (Lipinski definition) is 25. The van der Waals surface area contributed by atoms with Gasteiger partial charge in [0.15, 0.2) is 0 Å². The third-order valence-electron chi connectivity index (χ3n) is 26.2. The Morgan fingerprint density at radius 3 is 1.71 bits per heavy atom. The Bertz CT molecular complexity index is 5700. The van der Waals surface area contributed by atoms with E-state index in [9.17, 15) is 72.9 Å². The number of carboxylic acids is 3. The molecule has 2 aromatic carbocycles. The highest BCUT2D eigenvalue weighted by Crippen LogP contribution is 2.36. The molecule has 3 aromatic heterocycles. The van der Waals surface area contributed by atoms with Crippen molar-refractivity contribution in [2.24, 2.45) is 11.1 Å². The summed E-state index contributed by atoms with van der Waals surface area (Å²) in [4.78, 5) is 308. The van der Waals surface area contributed by atoms with E-state index in [0.29, 0.717) is 23.1 Å². The molecule has 5 aliphatic heterocycles. The van der Waals surface area contributed by atoms with E-state index in [4.69, 9.17) is 10.5 Å². The third kappa shape index (κ3) is 32.2. The van der Waals surface area contributed by atoms with E-state index >= 15 is 43.2 Å². The number of benzene rings is 2. The molecule has 3 saturated heterocycles. The van der Waals surface area contributed by atoms with Gasteiger partial charge >= 0.3 is 24.0 Å². The van der Waals surface area contributed by atoms with Gasteiger partial charge in [-0.2, -0.15) is 22.7 Å². The zero-order valence-corrected chi connectivity index (χ0v) is 85.3. The van der Waals surface area contributed by atoms with Gasteiger partial charge < -0.3 is 115 Å². The summed E-state index contributed by atoms with van der Waals surface area (Å²) in [6.07, 6.45) is 0.897. The fourth-order valence-corrected chi connectivity index (χ4v) is 20.5. The predicted molar refractivity (Wildman–Crippen MR) is 536 cm³/mol. The van der Waals surface area contributed by atoms with Crippen molar-refractivity contribution >= 4 is 169 Å². The highest BCUT2D eigenvalue weighted by atomic mass is 32.1. The number of aromatic carboxylic acids is 1. The Balaban J connectivity index is 1.04. The van der Waals surface area contributed by atoms with Crippen LogP contribution in [0.4, 0.5) is 4.79 Å². The number of nitrogens with one attached hydrogen (secondary N) is 15. The number of aliphatic carboxylic acids is 2. The van der Waals surface area contributed by atoms with Gasteiger partial charge in [0.05, 0.1) is 31.6 Å². The van der Waals surface area contributed by atoms with Gasteiger partial charge in [0.1, 0.15) is 88.6 Å². The minimum absolute atomic E-state index is 0.00142. The summed E-state index contributed by atoms with van der Waals surface area (Å²) in [5.74, 6) is -21.3. The second-order valence-corrected chi connectivity index (χ2v) is 41.9. The Labute approximate surface area is 855 Å². The first-order valence-electron chi connectivity index (χ1n) is 48.8. The average Bonchev–Trinajstić information content (AvgIpc) is 1.54. The zero-order valence-electron chi connectivity index (χ0n) is 82.8. The number of primary amides is 1. The Hall–Kier alpha value is -14.0. The zero-order chi connectivity index (χ0) is 107. The Morgan fingerprint density at radius 1 is 0.534 bits per heavy atom. The van der Waals surface area contributed by atoms with Crippen LogP contribution in [-0.2, 0) is 122 Å². The van der Waals surface area contributed by atoms with Crippen LogP contribution < -0.4 is 85.5 Å². The number of carbonyl (C=O) groups excluding carboxylic acids is 18. The molecule has 0 saturated carbocycles. The number of carbonyl (C=O) groups is 21. The van der Waals surface area contributed by atoms with Gasteiger partial charge in [0.25, 0.3) is 0 Å². The number of thiophene rings is 3. The van der Waals surface area contributed by atoms with Crippen molar-refractivity contribution in [2.45, 2.75) is 298 Å². The monoisotopic (exact) mass is 2080 g/mol. The molecule has 46 heteroatoms. The van der Waals surface area contributed by atoms with Crippen molar-refractivity contribution in [2.75, 3.05) is 32.8 Å². The van der Waals surface area contributed by atoms with Crippen LogP contribution >= 0.6 is 34.0 Å². The third-order valence-corrected chi connectivity index (χ3v) is 28.7. The molecule has 20 N–H and O–H groups in total. The van der Waals surface area contributed by atoms with Crippen molar-refractivity contribution in [1.29, 1.82) is 0 Å². The number of carboxylic acid groups (broad SMARTS) is 3. The van der Waals surface area contributed by atoms with Crippen LogP contribution in [-0.4, -0.2) is 271 Å². The minimum Gasteiger partial charge on any atom is -0.481 e. The molecule has 3 spiro atoms. The largest absolute Gasteiger partial charge is 0.481 e. The molecule has 5 aromatic rings. The lowest BCUT2D eigenvalue weighted by Gasteiger charge is -2.38. The van der Waals surface area contributed by atoms with Crippen LogP contribution in [0.15, 0.2) is 112 Å². The van der Waals surface area contributed by atoms with E-state index in [2.05, 4.69) is 79.8 Å². The number of hydrogen-bond donors (Lipinski definition) is 19. The Kier molecular flexibility index (Phi) is 40.7. The van der Waals surface area contributed by atoms with Gasteiger partial charge in [-0.15, -0.1) is 11.3 Å². The number of fused-ring (bicyclic) bond motifs is 4. The number of nitrogens with zero attached hydrogens (tertiary/aromatic N) is 2. The van der Waals surface area contributed by atoms with E-state index < -0.39 is 251 Å². The van der Waals surface area contributed by atoms with E-state index in [0.717, 1.165) is 15.0 Å². The van der Waals surface area contributed by atoms with Crippen LogP contribution in [0.25, 0.3) is 10.1 Å². The number of allylic oxidation sites excluding steroid dienone is 3. The van der Waals surface area contributed by atoms with Gasteiger partial charge in [-0.05, 0) is 227 Å². The van der Waals surface area contributed by atoms with Gasteiger partial charge in [0.2, 0.25) is 100 Å². The molecule has 14 atom stereocenters. The fourth-order valence-electron chi connectivity index (χ4n) is 18.1. The van der Waals surface area contributed by atoms with Crippen LogP contribution in [0.1, 0.15) is 216 Å². The molecule has 0 aliphatic carbocycles. The topological polar surface area (TPSA) is 641 Å². The molecule has 146 heavy (non-hydrogen) atoms. The molecular formula is C100H132N18O25S3. The highest BCUT2D eigenvalue weighted by molar-refractivity contribution is 7.17. The minimum atomic E-state index is -2.22. The number of cyclic esters (lactones) is 1. The van der Waals surface area contributed by atoms with Crippen LogP contribution in [0.5, 0.6) is 0 Å². The summed E-state index contributed by atoms with van der Waals surface area (Å²) in [5.41, 5.74) is -2.06. The van der Waals surface area contributed by atoms with Gasteiger partial charge in [-0.1, -0.05) is 75.4 Å². The van der Waals surface area contributed by atoms with Crippen molar-refractivity contribution in [3.63, 3.8) is 0 Å². The number of ether oxygens (including phenoxy) is 1. The maximum atomic E-state index is 16.1. The van der Waals surface area contributed by atoms with E-state index in [1.54, 1.807) is 90.2 Å². The lowest BCUT2D eigenvalue weighted by atomic mass is 9.83. The van der Waals surface area contributed by atoms with Crippen molar-refractivity contribution < 1.29 is 121 Å². The summed E-state index contributed by atoms with van der Waals surface area (Å²) in [6.45, 7) is 10.2. The smallest absolute Gasteiger partial charge is 0.409 e. The molecule has 10 rings (SSSR count). The first kappa shape index (κ1) is 114. The SMILES string of the molecule is CC(=O)N1CCC[C@]12C/C=C/CCC[C@]1(CCC/C=C/CCCOC(=O)N3CC[C@@]4(C3)NC(=O)[C@H](CCCCNC(=O)CC[C@@H](C(=O)N[C@@H](C)C(N)=O)NC(=O)[C@H](Cc3csc5ccccc35)NC(=O)[C@H](Cc3ccsc3)NC4=O)NC(=O)[C@H](Cc3ccsc3)NC(=O)[C@H](C)NC(=O)C(C)(C)NC(=O)[C@H](Cc3cccc(C(=O)O)c3)NC(=O)[C@H](CC(=O)O)NC1=O)NC(=O)[C@H](CC(C)(C)C)NC(=O)[C@H](CC(=O)O)NC2=O. The first-order valence-corrected chi connectivity index (χ1v) is 51.5. The van der Waals surface area contributed by atoms with E-state index in [1.807, 2.05) is 18.2 Å². The van der Waals surface area contributed by atoms with Gasteiger partial charge in [0, 0.05) is 63.4 Å². The van der Waals surface area contributed by atoms with Gasteiger partial charge in [-0.3, -0.25) is 91.1 Å². The summed E-state index contributed by atoms with van der Waals surface area (Å²) >= 11 is 3.84. The summed E-state index contributed by atoms with van der Waals surface area (Å²) in [5, 5.41) is 80.5. The molecule has 3 bridgehead atoms. The number of nitrogens with two attached hydrogens (primary N) is 1. The fraction of sp³-hybridized carbons (Fsp3) is 0.530. The highest BCUT2D eigenvalue weighted by Gasteiger charge is 2.53. The van der Waals surface area contributed by atoms with Crippen LogP contribution in [0.3, 0.4) is 0 Å². The normalized spacial score (nSPS) is 26.8. The van der Waals surface area contributed by atoms with Crippen LogP contribution in [0, 0.1) is 5.41 Å². The lowest BCUT2D eigenvalue weighted by molar-refractivity contribution is -0.146. The lowest BCUT2D eigenvalue weighted by Crippen LogP contribution is -2.66. The van der Waals surface area contributed by atoms with Crippen molar-refractivity contribution in [3.8, 4) is 0 Å². The number of rotatable bonds is 17. The predicted octanol–water partition coefficient (Wildman–Crippen LogP) is 2.80. The summed E-state index contributed by atoms with van der Waals surface area (Å²) in [6, 6.07) is -2.68. The maximum absolute atomic E-state index is 16.1. The first-order chi connectivity index (χ1) is 69.2. The second kappa shape index (κ2) is 52.1. The standard InChI is InChI=1S/C100H132N18O25S3/c1-57(79(101)125)103-81(127)67-30-31-76(120)102-39-21-17-28-66-87(133)116-99(93(140)111-69(48-62-33-44-145-54-62)83(129)109-71(84(130)106-67)49-64-55-146-75-29-16-15-27-65(64)75)38-41-117(56-99)95(142)143-42-22-14-10-9-11-18-34-98(35-19-12-13-20-36-100(37-24-40-118(100)59(3)119)94(141)113-73(51-78(123)124)86(132)110-74(89(135)115-98)52-96(4,5)6)92(139)112-72(50-77(121)122)85(131)108-70(46-60-25-23-26-63(45-60)90(136)137)88(134)114-97(7,8)91(138)104-58(2)80(126)107-68(82(128)105-66)47-61-32-43-144-53-61/h9-10,13,15-16,20,23,25-27,29,32-33,43-45,53-55,57-58,66-74H,11-12,14,17-19,21-22,24,28,30-31,34-42,46-52,56H2,1-8H3,(H2,101,125)(H,102,120)(H,103,127)(H,104,138)(H,105,128)(H,106,130)(H,107,126)(H,108,131)(H,109,129)(H,110,132)(H,111,140)(H,112,139)(H,113,141)(H,114,134)(H,115,135)(H,116,133)(H,121,122)(H,123,124)(H,136,137)/b10-9+,20-13+/t57-,58-,66-,67-,68-,69-,70-,71-,72-,73-,74-,98-,99-,100-/m0/s1. The maximum Gasteiger partial charge on any atom is 0.409 e. The van der Waals surface area contributed by atoms with Gasteiger partial charge in [-0.25, -0.2) is 9.59 Å². The molecule has 790 valence electrons. The molecule has 0 unspecified atom stereocenters. The molecule has 43 nitrogen and oxygen atoms in total. The summed E-state index contributed by atoms with van der Waals surface area (Å²) in [7, 11) is 0. The number of likely N-dealkylation sites (tertiary alicyclic amines) is 1. The van der Waals surface area contributed by atoms with Crippen LogP contribution in [0.2, 0.25) is 0 Å². The molecule has 3 fully saturated rings. The number of amides is 18. The second-order valence-electron chi connectivity index (χ2n) is 39.4. The quantitative estimate of drug-likeness (QED) is 0.0595. The van der Waals surface area contributed by atoms with Crippen molar-refractivity contribution in [1.82, 2.24) is 89.6 Å².